The van der Waals surface area contributed by atoms with Crippen LogP contribution >= 0.6 is 23.4 Å². The lowest BCUT2D eigenvalue weighted by atomic mass is 10.2. The van der Waals surface area contributed by atoms with Gasteiger partial charge in [0.25, 0.3) is 5.69 Å². The van der Waals surface area contributed by atoms with Crippen molar-refractivity contribution in [2.45, 2.75) is 0 Å². The monoisotopic (exact) mass is 301 g/mol. The molecule has 1 aromatic rings. The molecule has 0 atom stereocenters. The molecule has 0 saturated carbocycles. The molecule has 1 aliphatic heterocycles. The van der Waals surface area contributed by atoms with Crippen molar-refractivity contribution in [1.29, 1.82) is 0 Å². The van der Waals surface area contributed by atoms with Crippen molar-refractivity contribution in [2.75, 3.05) is 43.0 Å². The quantitative estimate of drug-likeness (QED) is 0.669. The minimum atomic E-state index is -0.393. The summed E-state index contributed by atoms with van der Waals surface area (Å²) in [5.41, 5.74) is 0.558. The molecule has 0 radical (unpaired) electrons. The fourth-order valence-electron chi connectivity index (χ4n) is 1.98. The molecule has 2 rings (SSSR count). The van der Waals surface area contributed by atoms with Crippen LogP contribution in [0.15, 0.2) is 18.2 Å². The zero-order chi connectivity index (χ0) is 13.7. The lowest BCUT2D eigenvalue weighted by Gasteiger charge is -2.26. The number of nitrogens with one attached hydrogen (secondary N) is 1. The molecule has 1 aliphatic rings. The molecule has 0 aliphatic carbocycles. The molecule has 1 saturated heterocycles. The van der Waals surface area contributed by atoms with Crippen LogP contribution in [0.3, 0.4) is 0 Å². The van der Waals surface area contributed by atoms with Crippen LogP contribution in [0.4, 0.5) is 11.4 Å². The molecule has 1 fully saturated rings. The summed E-state index contributed by atoms with van der Waals surface area (Å²) < 4.78 is 0. The molecule has 1 aromatic carbocycles. The average molecular weight is 302 g/mol. The Kier molecular flexibility index (Phi) is 5.30. The lowest BCUT2D eigenvalue weighted by Crippen LogP contribution is -2.36. The van der Waals surface area contributed by atoms with E-state index in [1.165, 1.54) is 12.1 Å². The number of nitro groups is 1. The van der Waals surface area contributed by atoms with E-state index in [4.69, 9.17) is 11.6 Å². The Morgan fingerprint density at radius 3 is 2.84 bits per heavy atom. The van der Waals surface area contributed by atoms with Gasteiger partial charge in [0.2, 0.25) is 0 Å². The van der Waals surface area contributed by atoms with Gasteiger partial charge in [0, 0.05) is 48.8 Å². The molecule has 0 unspecified atom stereocenters. The maximum atomic E-state index is 10.9. The second-order valence-electron chi connectivity index (χ2n) is 4.30. The number of hydrogen-bond donors (Lipinski definition) is 1. The molecule has 7 heteroatoms. The van der Waals surface area contributed by atoms with Crippen molar-refractivity contribution in [3.05, 3.63) is 33.3 Å². The van der Waals surface area contributed by atoms with Gasteiger partial charge in [0.15, 0.2) is 0 Å². The van der Waals surface area contributed by atoms with E-state index >= 15 is 0 Å². The molecule has 104 valence electrons. The summed E-state index contributed by atoms with van der Waals surface area (Å²) in [6, 6.07) is 4.57. The largest absolute Gasteiger partial charge is 0.378 e. The minimum absolute atomic E-state index is 0.0681. The maximum absolute atomic E-state index is 10.9. The molecule has 19 heavy (non-hydrogen) atoms. The van der Waals surface area contributed by atoms with Crippen LogP contribution in [0.2, 0.25) is 5.02 Å². The Morgan fingerprint density at radius 1 is 1.42 bits per heavy atom. The number of benzene rings is 1. The number of anilines is 1. The number of rotatable bonds is 5. The third-order valence-corrected chi connectivity index (χ3v) is 4.18. The summed E-state index contributed by atoms with van der Waals surface area (Å²) in [5, 5.41) is 14.5. The summed E-state index contributed by atoms with van der Waals surface area (Å²) in [6.07, 6.45) is 0. The maximum Gasteiger partial charge on any atom is 0.292 e. The fourth-order valence-corrected chi connectivity index (χ4v) is 3.13. The van der Waals surface area contributed by atoms with Crippen molar-refractivity contribution in [1.82, 2.24) is 4.90 Å². The molecule has 0 aromatic heterocycles. The van der Waals surface area contributed by atoms with Crippen LogP contribution in [0, 0.1) is 10.1 Å². The van der Waals surface area contributed by atoms with Gasteiger partial charge in [-0.25, -0.2) is 0 Å². The Bertz CT molecular complexity index is 453. The van der Waals surface area contributed by atoms with Gasteiger partial charge >= 0.3 is 0 Å². The number of halogens is 1. The summed E-state index contributed by atoms with van der Waals surface area (Å²) in [7, 11) is 0. The predicted octanol–water partition coefficient (Wildman–Crippen LogP) is 2.71. The Morgan fingerprint density at radius 2 is 2.16 bits per heavy atom. The van der Waals surface area contributed by atoms with Gasteiger partial charge in [-0.2, -0.15) is 11.8 Å². The van der Waals surface area contributed by atoms with Gasteiger partial charge in [0.05, 0.1) is 4.92 Å². The first-order valence-corrected chi connectivity index (χ1v) is 7.68. The van der Waals surface area contributed by atoms with E-state index in [9.17, 15) is 10.1 Å². The molecule has 0 bridgehead atoms. The Hall–Kier alpha value is -0.980. The van der Waals surface area contributed by atoms with E-state index in [-0.39, 0.29) is 5.69 Å². The topological polar surface area (TPSA) is 58.4 Å². The number of hydrogen-bond acceptors (Lipinski definition) is 5. The highest BCUT2D eigenvalue weighted by Crippen LogP contribution is 2.27. The van der Waals surface area contributed by atoms with Gasteiger partial charge < -0.3 is 5.32 Å². The molecule has 0 spiro atoms. The van der Waals surface area contributed by atoms with Gasteiger partial charge in [-0.3, -0.25) is 15.0 Å². The fraction of sp³-hybridized carbons (Fsp3) is 0.500. The number of thioether (sulfide) groups is 1. The van der Waals surface area contributed by atoms with Gasteiger partial charge in [-0.15, -0.1) is 0 Å². The number of nitro benzene ring substituents is 1. The van der Waals surface area contributed by atoms with E-state index in [0.717, 1.165) is 31.1 Å². The van der Waals surface area contributed by atoms with Crippen molar-refractivity contribution in [3.8, 4) is 0 Å². The molecule has 1 N–H and O–H groups in total. The highest BCUT2D eigenvalue weighted by Gasteiger charge is 2.14. The zero-order valence-corrected chi connectivity index (χ0v) is 12.0. The van der Waals surface area contributed by atoms with Gasteiger partial charge in [0.1, 0.15) is 5.69 Å². The summed E-state index contributed by atoms with van der Waals surface area (Å²) in [5.74, 6) is 2.33. The lowest BCUT2D eigenvalue weighted by molar-refractivity contribution is -0.384. The summed E-state index contributed by atoms with van der Waals surface area (Å²) in [4.78, 5) is 12.9. The first-order chi connectivity index (χ1) is 9.16. The summed E-state index contributed by atoms with van der Waals surface area (Å²) in [6.45, 7) is 3.75. The van der Waals surface area contributed by atoms with Crippen molar-refractivity contribution in [2.24, 2.45) is 0 Å². The van der Waals surface area contributed by atoms with Crippen LogP contribution in [-0.4, -0.2) is 47.5 Å². The van der Waals surface area contributed by atoms with E-state index < -0.39 is 4.92 Å². The smallest absolute Gasteiger partial charge is 0.292 e. The second kappa shape index (κ2) is 6.98. The van der Waals surface area contributed by atoms with Crippen LogP contribution < -0.4 is 5.32 Å². The van der Waals surface area contributed by atoms with Crippen molar-refractivity contribution >= 4 is 34.7 Å². The first-order valence-electron chi connectivity index (χ1n) is 6.15. The Balaban J connectivity index is 1.91. The van der Waals surface area contributed by atoms with E-state index in [1.54, 1.807) is 6.07 Å². The highest BCUT2D eigenvalue weighted by molar-refractivity contribution is 7.99. The third kappa shape index (κ3) is 4.26. The van der Waals surface area contributed by atoms with Crippen LogP contribution in [0.25, 0.3) is 0 Å². The van der Waals surface area contributed by atoms with Crippen molar-refractivity contribution in [3.63, 3.8) is 0 Å². The van der Waals surface area contributed by atoms with Crippen LogP contribution in [0.1, 0.15) is 0 Å². The van der Waals surface area contributed by atoms with E-state index in [1.807, 2.05) is 11.8 Å². The standard InChI is InChI=1S/C12H16ClN3O2S/c13-10-1-2-12(16(17)18)11(9-10)14-3-4-15-5-7-19-8-6-15/h1-2,9,14H,3-8H2. The summed E-state index contributed by atoms with van der Waals surface area (Å²) >= 11 is 7.84. The van der Waals surface area contributed by atoms with Crippen LogP contribution in [-0.2, 0) is 0 Å². The average Bonchev–Trinajstić information content (AvgIpc) is 2.39. The first kappa shape index (κ1) is 14.4. The SMILES string of the molecule is O=[N+]([O-])c1ccc(Cl)cc1NCCN1CCSCC1. The Labute approximate surface area is 121 Å². The molecule has 5 nitrogen and oxygen atoms in total. The molecular formula is C12H16ClN3O2S. The van der Waals surface area contributed by atoms with Gasteiger partial charge in [-0.1, -0.05) is 11.6 Å². The number of nitrogens with zero attached hydrogens (tertiary/aromatic N) is 2. The molecule has 1 heterocycles. The zero-order valence-electron chi connectivity index (χ0n) is 10.5. The predicted molar refractivity (Wildman–Crippen MR) is 80.4 cm³/mol. The van der Waals surface area contributed by atoms with E-state index in [0.29, 0.717) is 17.3 Å². The normalized spacial score (nSPS) is 16.3. The highest BCUT2D eigenvalue weighted by atomic mass is 35.5. The second-order valence-corrected chi connectivity index (χ2v) is 5.96. The van der Waals surface area contributed by atoms with Crippen molar-refractivity contribution < 1.29 is 4.92 Å². The van der Waals surface area contributed by atoms with Crippen LogP contribution in [0.5, 0.6) is 0 Å². The molecule has 0 amide bonds. The van der Waals surface area contributed by atoms with Gasteiger partial charge in [-0.05, 0) is 12.1 Å². The molecular weight excluding hydrogens is 286 g/mol. The van der Waals surface area contributed by atoms with E-state index in [2.05, 4.69) is 10.2 Å². The third-order valence-electron chi connectivity index (χ3n) is 3.00. The minimum Gasteiger partial charge on any atom is -0.378 e.